The molecule has 0 fully saturated rings. The minimum absolute atomic E-state index is 0.0392. The molecule has 5 heteroatoms. The predicted molar refractivity (Wildman–Crippen MR) is 71.5 cm³/mol. The number of aryl methyl sites for hydroxylation is 1. The van der Waals surface area contributed by atoms with Crippen LogP contribution < -0.4 is 11.1 Å². The lowest BCUT2D eigenvalue weighted by atomic mass is 10.2. The fourth-order valence-corrected chi connectivity index (χ4v) is 1.39. The molecule has 1 rings (SSSR count). The van der Waals surface area contributed by atoms with Crippen LogP contribution in [0.5, 0.6) is 0 Å². The maximum absolute atomic E-state index is 11.5. The van der Waals surface area contributed by atoms with E-state index in [2.05, 4.69) is 5.32 Å². The summed E-state index contributed by atoms with van der Waals surface area (Å²) in [5, 5.41) is 2.73. The van der Waals surface area contributed by atoms with E-state index in [9.17, 15) is 4.79 Å². The summed E-state index contributed by atoms with van der Waals surface area (Å²) in [6.45, 7) is 3.10. The van der Waals surface area contributed by atoms with Crippen LogP contribution in [0.25, 0.3) is 0 Å². The number of amides is 1. The highest BCUT2D eigenvalue weighted by Gasteiger charge is 2.03. The van der Waals surface area contributed by atoms with E-state index in [1.807, 2.05) is 19.1 Å². The molecule has 0 atom stereocenters. The normalized spacial score (nSPS) is 10.3. The predicted octanol–water partition coefficient (Wildman–Crippen LogP) is 1.57. The van der Waals surface area contributed by atoms with E-state index in [4.69, 9.17) is 15.2 Å². The molecule has 100 valence electrons. The molecule has 1 amide bonds. The summed E-state index contributed by atoms with van der Waals surface area (Å²) in [4.78, 5) is 11.5. The molecule has 0 unspecified atom stereocenters. The van der Waals surface area contributed by atoms with E-state index in [0.717, 1.165) is 12.0 Å². The lowest BCUT2D eigenvalue weighted by Gasteiger charge is -2.08. The summed E-state index contributed by atoms with van der Waals surface area (Å²) in [5.41, 5.74) is 8.09. The van der Waals surface area contributed by atoms with Crippen LogP contribution in [0.4, 0.5) is 11.4 Å². The molecule has 0 spiro atoms. The molecular weight excluding hydrogens is 232 g/mol. The van der Waals surface area contributed by atoms with E-state index in [1.165, 1.54) is 0 Å². The average molecular weight is 252 g/mol. The van der Waals surface area contributed by atoms with Gasteiger partial charge in [-0.05, 0) is 31.0 Å². The lowest BCUT2D eigenvalue weighted by Crippen LogP contribution is -2.19. The van der Waals surface area contributed by atoms with Crippen molar-refractivity contribution in [3.8, 4) is 0 Å². The molecule has 0 heterocycles. The van der Waals surface area contributed by atoms with Crippen molar-refractivity contribution < 1.29 is 14.3 Å². The van der Waals surface area contributed by atoms with E-state index in [0.29, 0.717) is 24.6 Å². The van der Waals surface area contributed by atoms with Crippen molar-refractivity contribution in [2.45, 2.75) is 13.3 Å². The van der Waals surface area contributed by atoms with Crippen molar-refractivity contribution in [2.24, 2.45) is 0 Å². The molecule has 0 bridgehead atoms. The van der Waals surface area contributed by atoms with E-state index in [1.54, 1.807) is 13.2 Å². The Bertz CT molecular complexity index is 394. The fourth-order valence-electron chi connectivity index (χ4n) is 1.39. The lowest BCUT2D eigenvalue weighted by molar-refractivity contribution is -0.120. The Hall–Kier alpha value is -1.59. The van der Waals surface area contributed by atoms with Crippen LogP contribution in [0.3, 0.4) is 0 Å². The molecule has 3 N–H and O–H groups in total. The Kier molecular flexibility index (Phi) is 6.18. The minimum atomic E-state index is -0.185. The minimum Gasteiger partial charge on any atom is -0.398 e. The molecule has 0 aliphatic carbocycles. The summed E-state index contributed by atoms with van der Waals surface area (Å²) in [6, 6.07) is 5.41. The van der Waals surface area contributed by atoms with Gasteiger partial charge in [-0.2, -0.15) is 0 Å². The Labute approximate surface area is 107 Å². The van der Waals surface area contributed by atoms with Gasteiger partial charge >= 0.3 is 0 Å². The number of rotatable bonds is 7. The second kappa shape index (κ2) is 7.68. The third kappa shape index (κ3) is 5.16. The Morgan fingerprint density at radius 3 is 2.83 bits per heavy atom. The second-order valence-corrected chi connectivity index (χ2v) is 4.02. The summed E-state index contributed by atoms with van der Waals surface area (Å²) in [7, 11) is 1.63. The van der Waals surface area contributed by atoms with Crippen molar-refractivity contribution >= 4 is 17.3 Å². The number of hydrogen-bond acceptors (Lipinski definition) is 4. The van der Waals surface area contributed by atoms with Crippen LogP contribution in [0.2, 0.25) is 0 Å². The van der Waals surface area contributed by atoms with Crippen molar-refractivity contribution in [3.05, 3.63) is 23.8 Å². The van der Waals surface area contributed by atoms with Crippen molar-refractivity contribution in [1.29, 1.82) is 0 Å². The Balaban J connectivity index is 2.29. The van der Waals surface area contributed by atoms with E-state index >= 15 is 0 Å². The maximum atomic E-state index is 11.5. The van der Waals surface area contributed by atoms with Gasteiger partial charge < -0.3 is 20.5 Å². The molecule has 1 aromatic rings. The number of hydrogen-bond donors (Lipinski definition) is 2. The van der Waals surface area contributed by atoms with Gasteiger partial charge in [0, 0.05) is 31.7 Å². The van der Waals surface area contributed by atoms with Gasteiger partial charge in [0.25, 0.3) is 0 Å². The zero-order valence-electron chi connectivity index (χ0n) is 10.9. The first-order chi connectivity index (χ1) is 8.63. The van der Waals surface area contributed by atoms with Gasteiger partial charge in [0.2, 0.25) is 5.91 Å². The van der Waals surface area contributed by atoms with Crippen LogP contribution in [0, 0.1) is 6.92 Å². The van der Waals surface area contributed by atoms with Crippen LogP contribution in [-0.4, -0.2) is 32.8 Å². The first-order valence-corrected chi connectivity index (χ1v) is 5.86. The molecule has 0 aliphatic rings. The molecule has 0 saturated carbocycles. The number of carbonyl (C=O) groups excluding carboxylic acids is 1. The quantitative estimate of drug-likeness (QED) is 0.570. The monoisotopic (exact) mass is 252 g/mol. The van der Waals surface area contributed by atoms with Crippen LogP contribution in [0.1, 0.15) is 12.0 Å². The summed E-state index contributed by atoms with van der Waals surface area (Å²) in [6.07, 6.45) is 0.779. The van der Waals surface area contributed by atoms with Gasteiger partial charge in [-0.15, -0.1) is 0 Å². The third-order valence-corrected chi connectivity index (χ3v) is 2.43. The Morgan fingerprint density at radius 1 is 1.39 bits per heavy atom. The van der Waals surface area contributed by atoms with E-state index < -0.39 is 0 Å². The van der Waals surface area contributed by atoms with Crippen LogP contribution in [-0.2, 0) is 14.3 Å². The van der Waals surface area contributed by atoms with Crippen molar-refractivity contribution in [2.75, 3.05) is 38.0 Å². The number of nitrogens with two attached hydrogens (primary N) is 1. The van der Waals surface area contributed by atoms with Crippen LogP contribution in [0.15, 0.2) is 18.2 Å². The molecule has 0 radical (unpaired) electrons. The molecular formula is C13H20N2O3. The van der Waals surface area contributed by atoms with Gasteiger partial charge in [0.05, 0.1) is 0 Å². The summed E-state index contributed by atoms with van der Waals surface area (Å²) < 4.78 is 10.1. The molecule has 1 aromatic carbocycles. The highest BCUT2D eigenvalue weighted by atomic mass is 16.5. The third-order valence-electron chi connectivity index (χ3n) is 2.43. The first kappa shape index (κ1) is 14.5. The molecule has 0 aromatic heterocycles. The highest BCUT2D eigenvalue weighted by Crippen LogP contribution is 2.16. The average Bonchev–Trinajstić information content (AvgIpc) is 2.34. The number of carbonyl (C=O) groups is 1. The largest absolute Gasteiger partial charge is 0.398 e. The van der Waals surface area contributed by atoms with Gasteiger partial charge in [-0.25, -0.2) is 0 Å². The summed E-state index contributed by atoms with van der Waals surface area (Å²) >= 11 is 0. The number of anilines is 2. The number of benzene rings is 1. The summed E-state index contributed by atoms with van der Waals surface area (Å²) in [5.74, 6) is -0.185. The fraction of sp³-hybridized carbons (Fsp3) is 0.462. The zero-order chi connectivity index (χ0) is 13.4. The molecule has 0 saturated heterocycles. The SMILES string of the molecule is COCCCOCC(=O)Nc1ccc(C)c(N)c1. The van der Waals surface area contributed by atoms with Gasteiger partial charge in [0.1, 0.15) is 6.61 Å². The van der Waals surface area contributed by atoms with Crippen LogP contribution >= 0.6 is 0 Å². The first-order valence-electron chi connectivity index (χ1n) is 5.86. The molecule has 18 heavy (non-hydrogen) atoms. The zero-order valence-corrected chi connectivity index (χ0v) is 10.9. The number of nitrogens with one attached hydrogen (secondary N) is 1. The van der Waals surface area contributed by atoms with Gasteiger partial charge in [0.15, 0.2) is 0 Å². The van der Waals surface area contributed by atoms with Gasteiger partial charge in [-0.1, -0.05) is 6.07 Å². The molecule has 5 nitrogen and oxygen atoms in total. The number of methoxy groups -OCH3 is 1. The Morgan fingerprint density at radius 2 is 2.17 bits per heavy atom. The second-order valence-electron chi connectivity index (χ2n) is 4.02. The number of ether oxygens (including phenoxy) is 2. The van der Waals surface area contributed by atoms with Crippen molar-refractivity contribution in [3.63, 3.8) is 0 Å². The highest BCUT2D eigenvalue weighted by molar-refractivity contribution is 5.92. The maximum Gasteiger partial charge on any atom is 0.250 e. The molecule has 0 aliphatic heterocycles. The van der Waals surface area contributed by atoms with Gasteiger partial charge in [-0.3, -0.25) is 4.79 Å². The number of nitrogen functional groups attached to an aromatic ring is 1. The standard InChI is InChI=1S/C13H20N2O3/c1-10-4-5-11(8-12(10)14)15-13(16)9-18-7-3-6-17-2/h4-5,8H,3,6-7,9,14H2,1-2H3,(H,15,16). The smallest absolute Gasteiger partial charge is 0.250 e. The van der Waals surface area contributed by atoms with E-state index in [-0.39, 0.29) is 12.5 Å². The topological polar surface area (TPSA) is 73.6 Å². The van der Waals surface area contributed by atoms with Crippen molar-refractivity contribution in [1.82, 2.24) is 0 Å².